The maximum absolute atomic E-state index is 12.8. The number of rotatable bonds is 9. The Morgan fingerprint density at radius 1 is 1.35 bits per heavy atom. The van der Waals surface area contributed by atoms with Gasteiger partial charge in [0.05, 0.1) is 18.7 Å². The second-order valence-corrected chi connectivity index (χ2v) is 11.5. The van der Waals surface area contributed by atoms with E-state index in [1.54, 1.807) is 5.38 Å². The van der Waals surface area contributed by atoms with Crippen molar-refractivity contribution in [2.24, 2.45) is 0 Å². The number of carboxylic acids is 1. The number of anilines is 1. The number of nitrogens with two attached hydrogens (primary N) is 1. The number of fused-ring (bicyclic) bond motifs is 1. The molecule has 0 spiro atoms. The number of carbonyl (C=O) groups excluding carboxylic acids is 3. The highest BCUT2D eigenvalue weighted by Gasteiger charge is 2.54. The highest BCUT2D eigenvalue weighted by molar-refractivity contribution is 8.01. The quantitative estimate of drug-likeness (QED) is 0.253. The van der Waals surface area contributed by atoms with Crippen molar-refractivity contribution in [3.05, 3.63) is 27.4 Å². The van der Waals surface area contributed by atoms with E-state index in [1.807, 2.05) is 0 Å². The van der Waals surface area contributed by atoms with Crippen molar-refractivity contribution in [3.8, 4) is 0 Å². The summed E-state index contributed by atoms with van der Waals surface area (Å²) in [7, 11) is 0. The van der Waals surface area contributed by atoms with Gasteiger partial charge in [-0.3, -0.25) is 19.3 Å². The van der Waals surface area contributed by atoms with Gasteiger partial charge in [-0.05, 0) is 5.57 Å². The standard InChI is InChI=1S/C18H19N7O5S4/c1-7(26)20-3-11-23-24-18(34-11)33-5-8-4-31-15-12(14(28)25(15)13(8)16(29)30)22-10(27)2-9-6-32-17(19)21-9/h6,12,15H,2-5H2,1H3,(H2,19,21)(H,20,26)(H,22,27)(H,29,30)/t12?,15-/m1/s1. The Morgan fingerprint density at radius 3 is 2.82 bits per heavy atom. The lowest BCUT2D eigenvalue weighted by Gasteiger charge is -2.49. The number of carbonyl (C=O) groups is 4. The minimum atomic E-state index is -1.19. The van der Waals surface area contributed by atoms with Crippen LogP contribution in [0.25, 0.3) is 0 Å². The van der Waals surface area contributed by atoms with Gasteiger partial charge in [0.1, 0.15) is 22.1 Å². The van der Waals surface area contributed by atoms with Crippen LogP contribution in [-0.2, 0) is 32.1 Å². The Hall–Kier alpha value is -2.69. The van der Waals surface area contributed by atoms with Gasteiger partial charge in [-0.15, -0.1) is 33.3 Å². The number of β-lactam (4-membered cyclic amide) rings is 1. The Morgan fingerprint density at radius 2 is 2.15 bits per heavy atom. The van der Waals surface area contributed by atoms with Crippen molar-refractivity contribution in [2.45, 2.75) is 35.6 Å². The summed E-state index contributed by atoms with van der Waals surface area (Å²) in [6, 6.07) is -0.795. The van der Waals surface area contributed by atoms with E-state index in [0.29, 0.717) is 37.3 Å². The molecule has 16 heteroatoms. The van der Waals surface area contributed by atoms with Crippen LogP contribution >= 0.6 is 46.2 Å². The second-order valence-electron chi connectivity index (χ2n) is 7.23. The van der Waals surface area contributed by atoms with Gasteiger partial charge in [0, 0.05) is 23.8 Å². The predicted octanol–water partition coefficient (Wildman–Crippen LogP) is 0.286. The monoisotopic (exact) mass is 541 g/mol. The zero-order valence-electron chi connectivity index (χ0n) is 17.6. The molecule has 4 rings (SSSR count). The number of nitrogens with zero attached hydrogens (tertiary/aromatic N) is 4. The molecule has 12 nitrogen and oxygen atoms in total. The number of nitrogens with one attached hydrogen (secondary N) is 2. The SMILES string of the molecule is CC(=O)NCc1nnc(SCC2=C(C(=O)O)N3C(=O)C(NC(=O)Cc4csc(N)n4)[C@H]3SC2)s1. The van der Waals surface area contributed by atoms with Crippen LogP contribution in [0.4, 0.5) is 5.13 Å². The summed E-state index contributed by atoms with van der Waals surface area (Å²) in [5.41, 5.74) is 6.63. The van der Waals surface area contributed by atoms with Crippen molar-refractivity contribution in [1.82, 2.24) is 30.7 Å². The average Bonchev–Trinajstić information content (AvgIpc) is 3.42. The van der Waals surface area contributed by atoms with E-state index < -0.39 is 23.3 Å². The van der Waals surface area contributed by atoms with Crippen LogP contribution in [0.5, 0.6) is 0 Å². The zero-order valence-corrected chi connectivity index (χ0v) is 20.9. The van der Waals surface area contributed by atoms with Gasteiger partial charge in [0.2, 0.25) is 11.8 Å². The summed E-state index contributed by atoms with van der Waals surface area (Å²) in [5, 5.41) is 25.4. The van der Waals surface area contributed by atoms with Crippen molar-refractivity contribution in [1.29, 1.82) is 0 Å². The number of nitrogen functional groups attached to an aromatic ring is 1. The first kappa shape index (κ1) is 24.4. The smallest absolute Gasteiger partial charge is 0.352 e. The van der Waals surface area contributed by atoms with Crippen LogP contribution < -0.4 is 16.4 Å². The van der Waals surface area contributed by atoms with E-state index in [9.17, 15) is 24.3 Å². The van der Waals surface area contributed by atoms with Gasteiger partial charge in [0.15, 0.2) is 9.47 Å². The molecule has 2 atom stereocenters. The van der Waals surface area contributed by atoms with Crippen LogP contribution in [0, 0.1) is 0 Å². The van der Waals surface area contributed by atoms with Gasteiger partial charge < -0.3 is 21.5 Å². The molecule has 1 saturated heterocycles. The van der Waals surface area contributed by atoms with Gasteiger partial charge in [-0.25, -0.2) is 9.78 Å². The van der Waals surface area contributed by atoms with E-state index in [-0.39, 0.29) is 30.5 Å². The Balaban J connectivity index is 1.38. The molecule has 1 fully saturated rings. The van der Waals surface area contributed by atoms with E-state index in [1.165, 1.54) is 58.0 Å². The van der Waals surface area contributed by atoms with E-state index in [4.69, 9.17) is 5.73 Å². The minimum Gasteiger partial charge on any atom is -0.477 e. The Labute approximate surface area is 209 Å². The summed E-state index contributed by atoms with van der Waals surface area (Å²) < 4.78 is 0.632. The summed E-state index contributed by atoms with van der Waals surface area (Å²) in [4.78, 5) is 53.4. The molecule has 4 heterocycles. The molecule has 0 radical (unpaired) electrons. The minimum absolute atomic E-state index is 0.00976. The fourth-order valence-corrected chi connectivity index (χ4v) is 7.19. The third-order valence-corrected chi connectivity index (χ3v) is 8.99. The van der Waals surface area contributed by atoms with Gasteiger partial charge >= 0.3 is 5.97 Å². The first-order chi connectivity index (χ1) is 16.2. The molecular weight excluding hydrogens is 523 g/mol. The maximum atomic E-state index is 12.8. The second kappa shape index (κ2) is 10.3. The number of hydrogen-bond donors (Lipinski definition) is 4. The van der Waals surface area contributed by atoms with Crippen LogP contribution in [0.15, 0.2) is 21.0 Å². The Bertz CT molecular complexity index is 1180. The number of thiazole rings is 1. The molecule has 0 bridgehead atoms. The highest BCUT2D eigenvalue weighted by Crippen LogP contribution is 2.41. The maximum Gasteiger partial charge on any atom is 0.352 e. The lowest BCUT2D eigenvalue weighted by atomic mass is 10.0. The molecule has 5 N–H and O–H groups in total. The first-order valence-corrected chi connectivity index (χ1v) is 13.5. The summed E-state index contributed by atoms with van der Waals surface area (Å²) in [5.74, 6) is -1.48. The van der Waals surface area contributed by atoms with Crippen molar-refractivity contribution < 1.29 is 24.3 Å². The molecule has 0 aliphatic carbocycles. The number of hydrogen-bond acceptors (Lipinski definition) is 12. The third kappa shape index (κ3) is 5.34. The summed E-state index contributed by atoms with van der Waals surface area (Å²) in [6.45, 7) is 1.69. The van der Waals surface area contributed by atoms with Crippen LogP contribution in [0.1, 0.15) is 17.6 Å². The molecular formula is C18H19N7O5S4. The molecule has 3 amide bonds. The molecule has 2 aliphatic heterocycles. The lowest BCUT2D eigenvalue weighted by molar-refractivity contribution is -0.150. The van der Waals surface area contributed by atoms with Crippen molar-refractivity contribution in [2.75, 3.05) is 17.2 Å². The molecule has 0 aromatic carbocycles. The van der Waals surface area contributed by atoms with E-state index >= 15 is 0 Å². The molecule has 2 aliphatic rings. The first-order valence-electron chi connectivity index (χ1n) is 9.81. The van der Waals surface area contributed by atoms with Crippen LogP contribution in [0.2, 0.25) is 0 Å². The van der Waals surface area contributed by atoms with Gasteiger partial charge in [0.25, 0.3) is 5.91 Å². The lowest BCUT2D eigenvalue weighted by Crippen LogP contribution is -2.70. The third-order valence-electron chi connectivity index (χ3n) is 4.78. The predicted molar refractivity (Wildman–Crippen MR) is 128 cm³/mol. The molecule has 2 aromatic rings. The fraction of sp³-hybridized carbons (Fsp3) is 0.389. The van der Waals surface area contributed by atoms with Crippen molar-refractivity contribution in [3.63, 3.8) is 0 Å². The highest BCUT2D eigenvalue weighted by atomic mass is 32.2. The molecule has 2 aromatic heterocycles. The van der Waals surface area contributed by atoms with Crippen LogP contribution in [-0.4, -0.2) is 71.8 Å². The average molecular weight is 542 g/mol. The summed E-state index contributed by atoms with van der Waals surface area (Å²) >= 11 is 5.25. The molecule has 180 valence electrons. The largest absolute Gasteiger partial charge is 0.477 e. The van der Waals surface area contributed by atoms with Gasteiger partial charge in [-0.2, -0.15) is 0 Å². The van der Waals surface area contributed by atoms with E-state index in [2.05, 4.69) is 25.8 Å². The molecule has 34 heavy (non-hydrogen) atoms. The van der Waals surface area contributed by atoms with Gasteiger partial charge in [-0.1, -0.05) is 23.1 Å². The fourth-order valence-electron chi connectivity index (χ4n) is 3.30. The van der Waals surface area contributed by atoms with Crippen molar-refractivity contribution >= 4 is 75.0 Å². The normalized spacial score (nSPS) is 19.4. The number of aliphatic carboxylic acids is 1. The topological polar surface area (TPSA) is 180 Å². The number of aromatic nitrogens is 3. The zero-order chi connectivity index (χ0) is 24.4. The summed E-state index contributed by atoms with van der Waals surface area (Å²) in [6.07, 6.45) is -0.00976. The Kier molecular flexibility index (Phi) is 7.39. The molecule has 0 saturated carbocycles. The number of carboxylic acid groups (broad SMARTS) is 1. The van der Waals surface area contributed by atoms with E-state index in [0.717, 1.165) is 0 Å². The number of thioether (sulfide) groups is 2. The van der Waals surface area contributed by atoms with Crippen LogP contribution in [0.3, 0.4) is 0 Å². The molecule has 1 unspecified atom stereocenters. The number of amides is 3.